The van der Waals surface area contributed by atoms with Gasteiger partial charge in [-0.1, -0.05) is 25.7 Å². The molecule has 1 saturated carbocycles. The average molecular weight is 253 g/mol. The molecule has 1 aliphatic carbocycles. The van der Waals surface area contributed by atoms with Crippen molar-refractivity contribution in [2.45, 2.75) is 56.6 Å². The molecule has 1 aliphatic rings. The van der Waals surface area contributed by atoms with Crippen LogP contribution in [-0.4, -0.2) is 39.0 Å². The third-order valence-electron chi connectivity index (χ3n) is 3.98. The fourth-order valence-corrected chi connectivity index (χ4v) is 2.84. The molecule has 6 heteroatoms. The summed E-state index contributed by atoms with van der Waals surface area (Å²) >= 11 is 0. The monoisotopic (exact) mass is 253 g/mol. The predicted octanol–water partition coefficient (Wildman–Crippen LogP) is 0.819. The lowest BCUT2D eigenvalue weighted by Gasteiger charge is -2.36. The molecule has 102 valence electrons. The number of ether oxygens (including phenoxy) is 1. The van der Waals surface area contributed by atoms with Crippen LogP contribution in [0.15, 0.2) is 0 Å². The van der Waals surface area contributed by atoms with E-state index in [1.54, 1.807) is 14.2 Å². The Morgan fingerprint density at radius 3 is 2.50 bits per heavy atom. The van der Waals surface area contributed by atoms with Gasteiger partial charge in [0.15, 0.2) is 5.82 Å². The number of aryl methyl sites for hydroxylation is 1. The molecule has 2 N–H and O–H groups in total. The van der Waals surface area contributed by atoms with Crippen molar-refractivity contribution >= 4 is 0 Å². The first-order valence-corrected chi connectivity index (χ1v) is 6.70. The maximum Gasteiger partial charge on any atom is 0.176 e. The second-order valence-electron chi connectivity index (χ2n) is 5.19. The van der Waals surface area contributed by atoms with E-state index in [0.717, 1.165) is 12.8 Å². The second-order valence-corrected chi connectivity index (χ2v) is 5.19. The molecule has 6 nitrogen and oxygen atoms in total. The van der Waals surface area contributed by atoms with Gasteiger partial charge in [-0.05, 0) is 18.1 Å². The van der Waals surface area contributed by atoms with Gasteiger partial charge in [0, 0.05) is 19.6 Å². The van der Waals surface area contributed by atoms with Gasteiger partial charge in [-0.2, -0.15) is 4.80 Å². The summed E-state index contributed by atoms with van der Waals surface area (Å²) in [6, 6.07) is -0.0650. The molecule has 18 heavy (non-hydrogen) atoms. The summed E-state index contributed by atoms with van der Waals surface area (Å²) < 4.78 is 5.79. The van der Waals surface area contributed by atoms with E-state index >= 15 is 0 Å². The van der Waals surface area contributed by atoms with Crippen molar-refractivity contribution in [1.29, 1.82) is 0 Å². The van der Waals surface area contributed by atoms with Crippen molar-refractivity contribution in [2.75, 3.05) is 7.11 Å². The summed E-state index contributed by atoms with van der Waals surface area (Å²) in [4.78, 5) is 1.47. The van der Waals surface area contributed by atoms with Gasteiger partial charge < -0.3 is 10.5 Å². The minimum atomic E-state index is -0.213. The molecule has 1 atom stereocenters. The molecule has 2 rings (SSSR count). The van der Waals surface area contributed by atoms with Crippen molar-refractivity contribution in [3.63, 3.8) is 0 Å². The number of methoxy groups -OCH3 is 1. The predicted molar refractivity (Wildman–Crippen MR) is 67.9 cm³/mol. The van der Waals surface area contributed by atoms with E-state index in [1.807, 2.05) is 0 Å². The summed E-state index contributed by atoms with van der Waals surface area (Å²) in [5.74, 6) is 0.700. The Morgan fingerprint density at radius 1 is 1.33 bits per heavy atom. The number of tetrazole rings is 1. The molecule has 1 aromatic heterocycles. The van der Waals surface area contributed by atoms with Crippen molar-refractivity contribution in [3.05, 3.63) is 5.82 Å². The van der Waals surface area contributed by atoms with Gasteiger partial charge in [-0.15, -0.1) is 10.2 Å². The maximum absolute atomic E-state index is 6.36. The fourth-order valence-electron chi connectivity index (χ4n) is 2.84. The van der Waals surface area contributed by atoms with Crippen LogP contribution in [0.1, 0.15) is 44.3 Å². The number of nitrogens with zero attached hydrogens (tertiary/aromatic N) is 4. The quantitative estimate of drug-likeness (QED) is 0.804. The Kier molecular flexibility index (Phi) is 4.29. The van der Waals surface area contributed by atoms with E-state index in [-0.39, 0.29) is 11.6 Å². The SMILES string of the molecule is COC1(C(N)Cc2nnn(C)n2)CCCCCC1. The van der Waals surface area contributed by atoms with Crippen molar-refractivity contribution in [1.82, 2.24) is 20.2 Å². The van der Waals surface area contributed by atoms with E-state index in [2.05, 4.69) is 15.4 Å². The van der Waals surface area contributed by atoms with Gasteiger partial charge in [0.1, 0.15) is 0 Å². The Morgan fingerprint density at radius 2 is 2.00 bits per heavy atom. The third kappa shape index (κ3) is 2.87. The second kappa shape index (κ2) is 5.75. The fraction of sp³-hybridized carbons (Fsp3) is 0.917. The van der Waals surface area contributed by atoms with E-state index in [4.69, 9.17) is 10.5 Å². The zero-order chi connectivity index (χ0) is 13.0. The summed E-state index contributed by atoms with van der Waals surface area (Å²) in [7, 11) is 3.54. The molecule has 0 radical (unpaired) electrons. The summed E-state index contributed by atoms with van der Waals surface area (Å²) in [5.41, 5.74) is 6.15. The van der Waals surface area contributed by atoms with E-state index in [9.17, 15) is 0 Å². The Bertz CT molecular complexity index is 370. The minimum absolute atomic E-state index is 0.0650. The summed E-state index contributed by atoms with van der Waals surface area (Å²) in [6.07, 6.45) is 7.63. The van der Waals surface area contributed by atoms with Crippen molar-refractivity contribution in [3.8, 4) is 0 Å². The first kappa shape index (κ1) is 13.4. The Hall–Kier alpha value is -1.01. The number of rotatable bonds is 4. The molecule has 0 bridgehead atoms. The van der Waals surface area contributed by atoms with Gasteiger partial charge in [0.05, 0.1) is 12.6 Å². The molecule has 1 heterocycles. The highest BCUT2D eigenvalue weighted by Crippen LogP contribution is 2.33. The number of hydrogen-bond acceptors (Lipinski definition) is 5. The molecule has 0 aromatic carbocycles. The normalized spacial score (nSPS) is 21.5. The lowest BCUT2D eigenvalue weighted by molar-refractivity contribution is -0.0434. The average Bonchev–Trinajstić information content (AvgIpc) is 2.65. The highest BCUT2D eigenvalue weighted by atomic mass is 16.5. The van der Waals surface area contributed by atoms with Crippen LogP contribution in [0, 0.1) is 0 Å². The van der Waals surface area contributed by atoms with Crippen LogP contribution in [0.3, 0.4) is 0 Å². The molecule has 1 fully saturated rings. The van der Waals surface area contributed by atoms with Gasteiger partial charge in [0.2, 0.25) is 0 Å². The first-order chi connectivity index (χ1) is 8.66. The molecule has 0 saturated heterocycles. The van der Waals surface area contributed by atoms with Crippen LogP contribution in [-0.2, 0) is 18.2 Å². The molecule has 1 unspecified atom stereocenters. The molecule has 1 aromatic rings. The zero-order valence-corrected chi connectivity index (χ0v) is 11.3. The molecule has 0 aliphatic heterocycles. The van der Waals surface area contributed by atoms with Gasteiger partial charge >= 0.3 is 0 Å². The van der Waals surface area contributed by atoms with E-state index in [0.29, 0.717) is 12.2 Å². The zero-order valence-electron chi connectivity index (χ0n) is 11.3. The molecule has 0 spiro atoms. The maximum atomic E-state index is 6.36. The number of aromatic nitrogens is 4. The topological polar surface area (TPSA) is 78.9 Å². The van der Waals surface area contributed by atoms with Crippen molar-refractivity contribution in [2.24, 2.45) is 12.8 Å². The van der Waals surface area contributed by atoms with Gasteiger partial charge in [-0.25, -0.2) is 0 Å². The standard InChI is InChI=1S/C12H23N5O/c1-17-15-11(14-16-17)9-10(13)12(18-2)7-5-3-4-6-8-12/h10H,3-9,13H2,1-2H3. The molecular weight excluding hydrogens is 230 g/mol. The molecular formula is C12H23N5O. The summed E-state index contributed by atoms with van der Waals surface area (Å²) in [6.45, 7) is 0. The Labute approximate surface area is 108 Å². The van der Waals surface area contributed by atoms with Crippen LogP contribution in [0.4, 0.5) is 0 Å². The van der Waals surface area contributed by atoms with Crippen LogP contribution in [0.5, 0.6) is 0 Å². The molecule has 0 amide bonds. The van der Waals surface area contributed by atoms with E-state index in [1.165, 1.54) is 30.5 Å². The lowest BCUT2D eigenvalue weighted by atomic mass is 9.84. The highest BCUT2D eigenvalue weighted by Gasteiger charge is 2.37. The number of hydrogen-bond donors (Lipinski definition) is 1. The smallest absolute Gasteiger partial charge is 0.176 e. The lowest BCUT2D eigenvalue weighted by Crippen LogP contribution is -2.50. The van der Waals surface area contributed by atoms with Crippen molar-refractivity contribution < 1.29 is 4.74 Å². The van der Waals surface area contributed by atoms with Crippen LogP contribution in [0.2, 0.25) is 0 Å². The van der Waals surface area contributed by atoms with Gasteiger partial charge in [-0.3, -0.25) is 0 Å². The van der Waals surface area contributed by atoms with Crippen LogP contribution < -0.4 is 5.73 Å². The van der Waals surface area contributed by atoms with E-state index < -0.39 is 0 Å². The van der Waals surface area contributed by atoms with Crippen LogP contribution in [0.25, 0.3) is 0 Å². The minimum Gasteiger partial charge on any atom is -0.377 e. The van der Waals surface area contributed by atoms with Gasteiger partial charge in [0.25, 0.3) is 0 Å². The largest absolute Gasteiger partial charge is 0.377 e. The highest BCUT2D eigenvalue weighted by molar-refractivity contribution is 4.97. The van der Waals surface area contributed by atoms with Crippen LogP contribution >= 0.6 is 0 Å². The Balaban J connectivity index is 2.06. The summed E-state index contributed by atoms with van der Waals surface area (Å²) in [5, 5.41) is 12.0. The number of nitrogens with two attached hydrogens (primary N) is 1. The third-order valence-corrected chi connectivity index (χ3v) is 3.98. The first-order valence-electron chi connectivity index (χ1n) is 6.70.